The number of benzene rings is 1. The van der Waals surface area contributed by atoms with Crippen LogP contribution >= 0.6 is 0 Å². The van der Waals surface area contributed by atoms with Crippen LogP contribution < -0.4 is 0 Å². The summed E-state index contributed by atoms with van der Waals surface area (Å²) >= 11 is 0. The van der Waals surface area contributed by atoms with Crippen LogP contribution in [0.1, 0.15) is 37.3 Å². The summed E-state index contributed by atoms with van der Waals surface area (Å²) in [6.45, 7) is 1.04. The third-order valence-corrected chi connectivity index (χ3v) is 2.87. The molecule has 0 radical (unpaired) electrons. The van der Waals surface area contributed by atoms with Gasteiger partial charge >= 0.3 is 18.1 Å². The Hall–Kier alpha value is -2.12. The van der Waals surface area contributed by atoms with Crippen molar-refractivity contribution in [2.75, 3.05) is 6.61 Å². The topological polar surface area (TPSA) is 52.6 Å². The summed E-state index contributed by atoms with van der Waals surface area (Å²) in [5, 5.41) is 0. The zero-order valence-electron chi connectivity index (χ0n) is 12.4. The molecule has 128 valence electrons. The molecule has 0 N–H and O–H groups in total. The number of ether oxygens (including phenoxy) is 2. The van der Waals surface area contributed by atoms with E-state index in [9.17, 15) is 27.2 Å². The molecule has 0 unspecified atom stereocenters. The Morgan fingerprint density at radius 1 is 1.09 bits per heavy atom. The third kappa shape index (κ3) is 6.25. The number of hydrogen-bond acceptors (Lipinski definition) is 4. The number of rotatable bonds is 7. The van der Waals surface area contributed by atoms with Crippen LogP contribution in [0.5, 0.6) is 0 Å². The van der Waals surface area contributed by atoms with Crippen molar-refractivity contribution < 1.29 is 36.6 Å². The van der Waals surface area contributed by atoms with E-state index in [1.807, 2.05) is 0 Å². The van der Waals surface area contributed by atoms with Crippen molar-refractivity contribution in [3.63, 3.8) is 0 Å². The molecule has 0 saturated heterocycles. The van der Waals surface area contributed by atoms with Crippen molar-refractivity contribution in [1.29, 1.82) is 0 Å². The lowest BCUT2D eigenvalue weighted by atomic mass is 10.1. The van der Waals surface area contributed by atoms with Crippen LogP contribution in [-0.4, -0.2) is 18.5 Å². The van der Waals surface area contributed by atoms with Gasteiger partial charge < -0.3 is 9.47 Å². The fourth-order valence-electron chi connectivity index (χ4n) is 1.81. The molecule has 1 aromatic rings. The van der Waals surface area contributed by atoms with Gasteiger partial charge in [-0.1, -0.05) is 6.07 Å². The second kappa shape index (κ2) is 8.50. The number of hydrogen-bond donors (Lipinski definition) is 0. The summed E-state index contributed by atoms with van der Waals surface area (Å²) in [7, 11) is 0. The highest BCUT2D eigenvalue weighted by Gasteiger charge is 2.34. The molecule has 0 aliphatic rings. The normalized spacial score (nSPS) is 11.2. The van der Waals surface area contributed by atoms with Crippen molar-refractivity contribution in [1.82, 2.24) is 0 Å². The molecular weight excluding hydrogens is 320 g/mol. The fraction of sp³-hybridized carbons (Fsp3) is 0.467. The lowest BCUT2D eigenvalue weighted by Gasteiger charge is -2.13. The Labute approximate surface area is 130 Å². The van der Waals surface area contributed by atoms with Crippen LogP contribution in [-0.2, 0) is 31.8 Å². The lowest BCUT2D eigenvalue weighted by molar-refractivity contribution is -0.148. The largest absolute Gasteiger partial charge is 0.466 e. The van der Waals surface area contributed by atoms with E-state index in [2.05, 4.69) is 9.47 Å². The van der Waals surface area contributed by atoms with Gasteiger partial charge in [0, 0.05) is 18.4 Å². The molecule has 0 aromatic heterocycles. The van der Waals surface area contributed by atoms with Gasteiger partial charge in [0.05, 0.1) is 12.2 Å². The molecule has 1 aromatic carbocycles. The first-order chi connectivity index (χ1) is 10.8. The Balaban J connectivity index is 2.55. The van der Waals surface area contributed by atoms with Gasteiger partial charge in [0.25, 0.3) is 0 Å². The fourth-order valence-corrected chi connectivity index (χ4v) is 1.81. The van der Waals surface area contributed by atoms with Crippen molar-refractivity contribution >= 4 is 11.9 Å². The van der Waals surface area contributed by atoms with Gasteiger partial charge in [-0.2, -0.15) is 13.2 Å². The first-order valence-corrected chi connectivity index (χ1v) is 6.91. The van der Waals surface area contributed by atoms with E-state index in [0.717, 1.165) is 12.1 Å². The molecule has 0 amide bonds. The molecule has 23 heavy (non-hydrogen) atoms. The second-order valence-electron chi connectivity index (χ2n) is 4.58. The predicted octanol–water partition coefficient (Wildman–Crippen LogP) is 3.62. The van der Waals surface area contributed by atoms with Crippen molar-refractivity contribution in [2.24, 2.45) is 0 Å². The van der Waals surface area contributed by atoms with Crippen LogP contribution in [0.25, 0.3) is 0 Å². The standard InChI is InChI=1S/C15H16F4O4/c1-2-22-13(20)7-4-8-14(21)23-9-10-11(15(17,18)19)5-3-6-12(10)16/h3,5-6H,2,4,7-9H2,1H3. The van der Waals surface area contributed by atoms with Gasteiger partial charge in [-0.3, -0.25) is 9.59 Å². The first kappa shape index (κ1) is 18.9. The molecule has 0 atom stereocenters. The smallest absolute Gasteiger partial charge is 0.416 e. The van der Waals surface area contributed by atoms with Crippen LogP contribution in [0, 0.1) is 5.82 Å². The van der Waals surface area contributed by atoms with Crippen LogP contribution in [0.15, 0.2) is 18.2 Å². The van der Waals surface area contributed by atoms with Gasteiger partial charge in [-0.25, -0.2) is 4.39 Å². The summed E-state index contributed by atoms with van der Waals surface area (Å²) in [4.78, 5) is 22.5. The molecule has 0 aliphatic heterocycles. The molecule has 8 heteroatoms. The zero-order valence-corrected chi connectivity index (χ0v) is 12.4. The summed E-state index contributed by atoms with van der Waals surface area (Å²) in [6.07, 6.45) is -4.78. The van der Waals surface area contributed by atoms with Crippen molar-refractivity contribution in [3.05, 3.63) is 35.1 Å². The Morgan fingerprint density at radius 3 is 2.26 bits per heavy atom. The van der Waals surface area contributed by atoms with E-state index in [4.69, 9.17) is 0 Å². The zero-order chi connectivity index (χ0) is 17.5. The Morgan fingerprint density at radius 2 is 1.70 bits per heavy atom. The first-order valence-electron chi connectivity index (χ1n) is 6.91. The minimum Gasteiger partial charge on any atom is -0.466 e. The number of esters is 2. The molecule has 0 aliphatic carbocycles. The van der Waals surface area contributed by atoms with Crippen LogP contribution in [0.3, 0.4) is 0 Å². The van der Waals surface area contributed by atoms with E-state index >= 15 is 0 Å². The monoisotopic (exact) mass is 336 g/mol. The summed E-state index contributed by atoms with van der Waals surface area (Å²) in [5.74, 6) is -2.39. The van der Waals surface area contributed by atoms with E-state index in [1.54, 1.807) is 6.92 Å². The predicted molar refractivity (Wildman–Crippen MR) is 71.7 cm³/mol. The van der Waals surface area contributed by atoms with E-state index in [0.29, 0.717) is 6.07 Å². The van der Waals surface area contributed by atoms with Crippen molar-refractivity contribution in [2.45, 2.75) is 39.0 Å². The number of carbonyl (C=O) groups is 2. The highest BCUT2D eigenvalue weighted by Crippen LogP contribution is 2.33. The maximum Gasteiger partial charge on any atom is 0.416 e. The summed E-state index contributed by atoms with van der Waals surface area (Å²) in [6, 6.07) is 2.51. The lowest BCUT2D eigenvalue weighted by Crippen LogP contribution is -2.14. The molecule has 0 fully saturated rings. The number of carbonyl (C=O) groups excluding carboxylic acids is 2. The van der Waals surface area contributed by atoms with E-state index in [1.165, 1.54) is 0 Å². The maximum absolute atomic E-state index is 13.5. The van der Waals surface area contributed by atoms with Crippen molar-refractivity contribution in [3.8, 4) is 0 Å². The van der Waals surface area contributed by atoms with Gasteiger partial charge in [-0.05, 0) is 25.5 Å². The molecular formula is C15H16F4O4. The summed E-state index contributed by atoms with van der Waals surface area (Å²) < 4.78 is 61.1. The van der Waals surface area contributed by atoms with Gasteiger partial charge in [0.2, 0.25) is 0 Å². The average Bonchev–Trinajstić information content (AvgIpc) is 2.45. The molecule has 0 heterocycles. The quantitative estimate of drug-likeness (QED) is 0.564. The molecule has 1 rings (SSSR count). The number of alkyl halides is 3. The minimum absolute atomic E-state index is 0.00353. The molecule has 0 spiro atoms. The van der Waals surface area contributed by atoms with E-state index in [-0.39, 0.29) is 25.9 Å². The molecule has 4 nitrogen and oxygen atoms in total. The SMILES string of the molecule is CCOC(=O)CCCC(=O)OCc1c(F)cccc1C(F)(F)F. The van der Waals surface area contributed by atoms with E-state index < -0.39 is 41.7 Å². The van der Waals surface area contributed by atoms with Gasteiger partial charge in [0.1, 0.15) is 12.4 Å². The Bertz CT molecular complexity index is 555. The molecule has 0 saturated carbocycles. The third-order valence-electron chi connectivity index (χ3n) is 2.87. The van der Waals surface area contributed by atoms with Crippen LogP contribution in [0.4, 0.5) is 17.6 Å². The van der Waals surface area contributed by atoms with Crippen LogP contribution in [0.2, 0.25) is 0 Å². The number of halogens is 4. The minimum atomic E-state index is -4.74. The van der Waals surface area contributed by atoms with Gasteiger partial charge in [-0.15, -0.1) is 0 Å². The van der Waals surface area contributed by atoms with Gasteiger partial charge in [0.15, 0.2) is 0 Å². The highest BCUT2D eigenvalue weighted by molar-refractivity contribution is 5.72. The highest BCUT2D eigenvalue weighted by atomic mass is 19.4. The Kier molecular flexibility index (Phi) is 6.99. The molecule has 0 bridgehead atoms. The second-order valence-corrected chi connectivity index (χ2v) is 4.58. The average molecular weight is 336 g/mol. The summed E-state index contributed by atoms with van der Waals surface area (Å²) in [5.41, 5.74) is -1.91. The maximum atomic E-state index is 13.5.